The number of hydrogen-bond donors (Lipinski definition) is 1. The van der Waals surface area contributed by atoms with Crippen LogP contribution in [0, 0.1) is 0 Å². The van der Waals surface area contributed by atoms with E-state index in [1.165, 1.54) is 12.1 Å². The first-order chi connectivity index (χ1) is 11.3. The number of aldehydes is 1. The molecule has 0 bridgehead atoms. The van der Waals surface area contributed by atoms with Crippen LogP contribution in [0.4, 0.5) is 0 Å². The topological polar surface area (TPSA) is 86.0 Å². The number of fused-ring (bicyclic) bond motifs is 3. The SMILES string of the molecule is CC(=CC=O)OC1C(O)c2c(ccc3ccc(=O)oc23)OC1(C)C. The lowest BCUT2D eigenvalue weighted by atomic mass is 9.87. The van der Waals surface area contributed by atoms with Crippen molar-refractivity contribution in [3.05, 3.63) is 52.1 Å². The molecule has 2 heterocycles. The average molecular weight is 330 g/mol. The molecule has 2 atom stereocenters. The van der Waals surface area contributed by atoms with Crippen LogP contribution in [-0.2, 0) is 9.53 Å². The van der Waals surface area contributed by atoms with E-state index >= 15 is 0 Å². The molecule has 6 nitrogen and oxygen atoms in total. The molecule has 3 rings (SSSR count). The predicted octanol–water partition coefficient (Wildman–Crippen LogP) is 2.49. The third kappa shape index (κ3) is 2.69. The molecule has 126 valence electrons. The third-order valence-electron chi connectivity index (χ3n) is 4.04. The summed E-state index contributed by atoms with van der Waals surface area (Å²) in [5, 5.41) is 11.6. The minimum Gasteiger partial charge on any atom is -0.488 e. The van der Waals surface area contributed by atoms with E-state index in [4.69, 9.17) is 13.9 Å². The zero-order valence-electron chi connectivity index (χ0n) is 13.6. The zero-order valence-corrected chi connectivity index (χ0v) is 13.6. The number of benzene rings is 1. The maximum atomic E-state index is 11.6. The standard InChI is InChI=1S/C18H18O6/c1-10(8-9-19)22-17-15(21)14-12(24-18(17,2)3)6-4-11-5-7-13(20)23-16(11)14/h4-9,15,17,21H,1-3H3. The number of allylic oxidation sites excluding steroid dienone is 2. The largest absolute Gasteiger partial charge is 0.488 e. The first kappa shape index (κ1) is 16.3. The van der Waals surface area contributed by atoms with Crippen LogP contribution in [0.1, 0.15) is 32.4 Å². The second kappa shape index (κ2) is 5.79. The Hall–Kier alpha value is -2.60. The molecule has 0 saturated heterocycles. The van der Waals surface area contributed by atoms with Gasteiger partial charge < -0.3 is 19.0 Å². The van der Waals surface area contributed by atoms with Gasteiger partial charge in [0.15, 0.2) is 6.10 Å². The Kier molecular flexibility index (Phi) is 3.93. The van der Waals surface area contributed by atoms with Crippen molar-refractivity contribution >= 4 is 17.3 Å². The summed E-state index contributed by atoms with van der Waals surface area (Å²) in [5.41, 5.74) is -0.725. The summed E-state index contributed by atoms with van der Waals surface area (Å²) in [5.74, 6) is 0.794. The molecule has 1 aromatic heterocycles. The van der Waals surface area contributed by atoms with E-state index in [2.05, 4.69) is 0 Å². The van der Waals surface area contributed by atoms with Crippen LogP contribution in [0.25, 0.3) is 11.0 Å². The number of rotatable bonds is 3. The quantitative estimate of drug-likeness (QED) is 0.403. The fraction of sp³-hybridized carbons (Fsp3) is 0.333. The monoisotopic (exact) mass is 330 g/mol. The van der Waals surface area contributed by atoms with Crippen LogP contribution in [0.2, 0.25) is 0 Å². The fourth-order valence-corrected chi connectivity index (χ4v) is 2.92. The van der Waals surface area contributed by atoms with Gasteiger partial charge in [0.25, 0.3) is 0 Å². The highest BCUT2D eigenvalue weighted by Gasteiger charge is 2.46. The molecule has 1 aliphatic rings. The number of carbonyl (C=O) groups is 1. The van der Waals surface area contributed by atoms with Crippen molar-refractivity contribution in [1.82, 2.24) is 0 Å². The van der Waals surface area contributed by atoms with Gasteiger partial charge in [-0.1, -0.05) is 0 Å². The fourth-order valence-electron chi connectivity index (χ4n) is 2.92. The summed E-state index contributed by atoms with van der Waals surface area (Å²) in [6.45, 7) is 5.18. The summed E-state index contributed by atoms with van der Waals surface area (Å²) in [7, 11) is 0. The van der Waals surface area contributed by atoms with Gasteiger partial charge in [-0.25, -0.2) is 4.79 Å². The molecule has 0 spiro atoms. The number of carbonyl (C=O) groups excluding carboxylic acids is 1. The van der Waals surface area contributed by atoms with E-state index in [0.717, 1.165) is 0 Å². The van der Waals surface area contributed by atoms with Gasteiger partial charge in [0, 0.05) is 17.5 Å². The molecule has 0 aliphatic carbocycles. The summed E-state index contributed by atoms with van der Waals surface area (Å²) in [6.07, 6.45) is 0.00722. The molecule has 0 saturated carbocycles. The van der Waals surface area contributed by atoms with Crippen molar-refractivity contribution in [2.45, 2.75) is 38.6 Å². The van der Waals surface area contributed by atoms with Gasteiger partial charge in [0.05, 0.1) is 11.3 Å². The van der Waals surface area contributed by atoms with Crippen molar-refractivity contribution in [3.8, 4) is 5.75 Å². The van der Waals surface area contributed by atoms with Gasteiger partial charge in [-0.15, -0.1) is 0 Å². The van der Waals surface area contributed by atoms with Gasteiger partial charge >= 0.3 is 5.63 Å². The van der Waals surface area contributed by atoms with Crippen molar-refractivity contribution < 1.29 is 23.8 Å². The Balaban J connectivity index is 2.16. The van der Waals surface area contributed by atoms with E-state index in [-0.39, 0.29) is 5.58 Å². The van der Waals surface area contributed by atoms with Crippen molar-refractivity contribution in [2.24, 2.45) is 0 Å². The molecule has 6 heteroatoms. The van der Waals surface area contributed by atoms with E-state index in [1.807, 2.05) is 0 Å². The lowest BCUT2D eigenvalue weighted by molar-refractivity contribution is -0.124. The van der Waals surface area contributed by atoms with E-state index in [1.54, 1.807) is 39.0 Å². The summed E-state index contributed by atoms with van der Waals surface area (Å²) < 4.78 is 17.0. The lowest BCUT2D eigenvalue weighted by Gasteiger charge is -2.42. The highest BCUT2D eigenvalue weighted by molar-refractivity contribution is 5.83. The van der Waals surface area contributed by atoms with Gasteiger partial charge in [-0.3, -0.25) is 4.79 Å². The molecule has 1 aliphatic heterocycles. The Labute approximate surface area is 138 Å². The summed E-state index contributed by atoms with van der Waals surface area (Å²) in [4.78, 5) is 22.2. The highest BCUT2D eigenvalue weighted by Crippen LogP contribution is 2.44. The molecule has 0 fully saturated rings. The van der Waals surface area contributed by atoms with E-state index in [9.17, 15) is 14.7 Å². The normalized spacial score (nSPS) is 22.6. The van der Waals surface area contributed by atoms with Crippen LogP contribution < -0.4 is 10.4 Å². The second-order valence-corrected chi connectivity index (χ2v) is 6.25. The van der Waals surface area contributed by atoms with Crippen molar-refractivity contribution in [2.75, 3.05) is 0 Å². The first-order valence-corrected chi connectivity index (χ1v) is 7.56. The van der Waals surface area contributed by atoms with Gasteiger partial charge in [0.2, 0.25) is 0 Å². The smallest absolute Gasteiger partial charge is 0.336 e. The number of hydrogen-bond acceptors (Lipinski definition) is 6. The van der Waals surface area contributed by atoms with Gasteiger partial charge in [-0.2, -0.15) is 0 Å². The van der Waals surface area contributed by atoms with Gasteiger partial charge in [0.1, 0.15) is 29.3 Å². The first-order valence-electron chi connectivity index (χ1n) is 7.56. The van der Waals surface area contributed by atoms with Crippen LogP contribution in [-0.4, -0.2) is 23.1 Å². The molecule has 0 amide bonds. The Bertz CT molecular complexity index is 877. The molecule has 0 radical (unpaired) electrons. The van der Waals surface area contributed by atoms with E-state index in [0.29, 0.717) is 28.7 Å². The summed E-state index contributed by atoms with van der Waals surface area (Å²) >= 11 is 0. The second-order valence-electron chi connectivity index (χ2n) is 6.25. The van der Waals surface area contributed by atoms with Crippen molar-refractivity contribution in [1.29, 1.82) is 0 Å². The maximum absolute atomic E-state index is 11.6. The zero-order chi connectivity index (χ0) is 17.5. The number of aliphatic hydroxyl groups excluding tert-OH is 1. The number of aliphatic hydroxyl groups is 1. The average Bonchev–Trinajstić information content (AvgIpc) is 2.50. The van der Waals surface area contributed by atoms with Crippen LogP contribution >= 0.6 is 0 Å². The highest BCUT2D eigenvalue weighted by atomic mass is 16.6. The third-order valence-corrected chi connectivity index (χ3v) is 4.04. The minimum absolute atomic E-state index is 0.272. The lowest BCUT2D eigenvalue weighted by Crippen LogP contribution is -2.50. The molecule has 1 N–H and O–H groups in total. The molecule has 24 heavy (non-hydrogen) atoms. The molecule has 1 aromatic carbocycles. The minimum atomic E-state index is -1.09. The molecular weight excluding hydrogens is 312 g/mol. The van der Waals surface area contributed by atoms with Crippen LogP contribution in [0.3, 0.4) is 0 Å². The van der Waals surface area contributed by atoms with Crippen LogP contribution in [0.5, 0.6) is 5.75 Å². The number of ether oxygens (including phenoxy) is 2. The van der Waals surface area contributed by atoms with Gasteiger partial charge in [-0.05, 0) is 39.0 Å². The Morgan fingerprint density at radius 3 is 2.71 bits per heavy atom. The molecule has 2 aromatic rings. The predicted molar refractivity (Wildman–Crippen MR) is 86.8 cm³/mol. The summed E-state index contributed by atoms with van der Waals surface area (Å²) in [6, 6.07) is 6.44. The molecule has 2 unspecified atom stereocenters. The molecular formula is C18H18O6. The maximum Gasteiger partial charge on any atom is 0.336 e. The Morgan fingerprint density at radius 2 is 2.00 bits per heavy atom. The van der Waals surface area contributed by atoms with Crippen molar-refractivity contribution in [3.63, 3.8) is 0 Å². The van der Waals surface area contributed by atoms with E-state index < -0.39 is 23.4 Å². The Morgan fingerprint density at radius 1 is 1.29 bits per heavy atom. The van der Waals surface area contributed by atoms with Crippen LogP contribution in [0.15, 0.2) is 45.3 Å².